The van der Waals surface area contributed by atoms with Crippen LogP contribution in [-0.4, -0.2) is 58.0 Å². The van der Waals surface area contributed by atoms with Crippen LogP contribution in [0.4, 0.5) is 5.69 Å². The number of anilines is 1. The lowest BCUT2D eigenvalue weighted by molar-refractivity contribution is 0.0964. The van der Waals surface area contributed by atoms with E-state index in [2.05, 4.69) is 10.3 Å². The molecule has 2 N–H and O–H groups in total. The summed E-state index contributed by atoms with van der Waals surface area (Å²) in [6.07, 6.45) is 2.66. The molecule has 0 spiro atoms. The number of amides is 1. The number of nitrogens with zero attached hydrogens (tertiary/aromatic N) is 2. The van der Waals surface area contributed by atoms with Crippen LogP contribution in [0.25, 0.3) is 22.3 Å². The van der Waals surface area contributed by atoms with Gasteiger partial charge in [-0.15, -0.1) is 0 Å². The summed E-state index contributed by atoms with van der Waals surface area (Å²) in [6.45, 7) is -0.567. The van der Waals surface area contributed by atoms with Crippen molar-refractivity contribution in [3.8, 4) is 28.7 Å². The van der Waals surface area contributed by atoms with E-state index in [0.717, 1.165) is 10.6 Å². The van der Waals surface area contributed by atoms with Crippen molar-refractivity contribution in [1.29, 1.82) is 0 Å². The molecular weight excluding hydrogens is 486 g/mol. The smallest absolute Gasteiger partial charge is 0.255 e. The lowest BCUT2D eigenvalue weighted by Gasteiger charge is -2.23. The van der Waals surface area contributed by atoms with Gasteiger partial charge in [-0.05, 0) is 36.4 Å². The third kappa shape index (κ3) is 4.97. The molecule has 188 valence electrons. The van der Waals surface area contributed by atoms with Crippen LogP contribution in [0.15, 0.2) is 65.2 Å². The quantitative estimate of drug-likeness (QED) is 0.350. The maximum atomic E-state index is 12.9. The van der Waals surface area contributed by atoms with Crippen LogP contribution in [0.3, 0.4) is 0 Å². The topological polar surface area (TPSA) is 131 Å². The summed E-state index contributed by atoms with van der Waals surface area (Å²) in [5.74, 6) is 1.10. The van der Waals surface area contributed by atoms with Gasteiger partial charge in [-0.25, -0.2) is 13.4 Å². The van der Waals surface area contributed by atoms with E-state index in [9.17, 15) is 18.3 Å². The van der Waals surface area contributed by atoms with Crippen molar-refractivity contribution in [1.82, 2.24) is 10.3 Å². The summed E-state index contributed by atoms with van der Waals surface area (Å²) in [5.41, 5.74) is 1.34. The number of carbonyl (C=O) groups excluding carboxylic acids is 1. The average molecular weight is 512 g/mol. The number of carbonyl (C=O) groups is 1. The van der Waals surface area contributed by atoms with Crippen LogP contribution in [0.5, 0.6) is 17.4 Å². The highest BCUT2D eigenvalue weighted by molar-refractivity contribution is 7.92. The number of aromatic nitrogens is 1. The minimum absolute atomic E-state index is 0.172. The van der Waals surface area contributed by atoms with Crippen LogP contribution < -0.4 is 19.1 Å². The molecule has 0 unspecified atom stereocenters. The fourth-order valence-corrected chi connectivity index (χ4v) is 4.70. The zero-order valence-corrected chi connectivity index (χ0v) is 20.7. The van der Waals surface area contributed by atoms with E-state index in [0.29, 0.717) is 28.3 Å². The van der Waals surface area contributed by atoms with Crippen LogP contribution in [0, 0.1) is 0 Å². The number of pyridine rings is 1. The molecule has 0 saturated heterocycles. The molecule has 0 radical (unpaired) electrons. The molecule has 2 aromatic heterocycles. The van der Waals surface area contributed by atoms with Crippen molar-refractivity contribution in [2.75, 3.05) is 37.9 Å². The van der Waals surface area contributed by atoms with Crippen molar-refractivity contribution in [3.05, 3.63) is 66.4 Å². The Morgan fingerprint density at radius 2 is 1.92 bits per heavy atom. The van der Waals surface area contributed by atoms with Gasteiger partial charge in [0.25, 0.3) is 5.91 Å². The third-order valence-electron chi connectivity index (χ3n) is 5.39. The van der Waals surface area contributed by atoms with Crippen LogP contribution in [0.1, 0.15) is 10.4 Å². The minimum Gasteiger partial charge on any atom is -0.495 e. The van der Waals surface area contributed by atoms with Crippen LogP contribution >= 0.6 is 0 Å². The van der Waals surface area contributed by atoms with Gasteiger partial charge in [0.2, 0.25) is 15.9 Å². The average Bonchev–Trinajstić information content (AvgIpc) is 3.24. The van der Waals surface area contributed by atoms with Gasteiger partial charge in [-0.1, -0.05) is 6.07 Å². The number of methoxy groups -OCH3 is 1. The van der Waals surface area contributed by atoms with Crippen molar-refractivity contribution in [2.45, 2.75) is 0 Å². The maximum absolute atomic E-state index is 12.9. The zero-order valence-electron chi connectivity index (χ0n) is 19.9. The number of nitrogens with one attached hydrogen (secondary N) is 1. The molecule has 0 aliphatic carbocycles. The van der Waals surface area contributed by atoms with Gasteiger partial charge in [-0.3, -0.25) is 9.10 Å². The predicted molar refractivity (Wildman–Crippen MR) is 135 cm³/mol. The summed E-state index contributed by atoms with van der Waals surface area (Å²) >= 11 is 0. The Kier molecular flexibility index (Phi) is 7.13. The molecule has 0 fully saturated rings. The molecule has 2 heterocycles. The molecule has 0 bridgehead atoms. The van der Waals surface area contributed by atoms with Crippen molar-refractivity contribution in [3.63, 3.8) is 0 Å². The van der Waals surface area contributed by atoms with Gasteiger partial charge >= 0.3 is 0 Å². The van der Waals surface area contributed by atoms with E-state index < -0.39 is 16.6 Å². The molecule has 0 saturated carbocycles. The number of furan rings is 1. The molecule has 4 rings (SSSR count). The third-order valence-corrected chi connectivity index (χ3v) is 6.57. The summed E-state index contributed by atoms with van der Waals surface area (Å²) in [7, 11) is -0.834. The second kappa shape index (κ2) is 10.3. The number of hydrogen-bond acceptors (Lipinski definition) is 8. The van der Waals surface area contributed by atoms with E-state index >= 15 is 0 Å². The Morgan fingerprint density at radius 3 is 2.50 bits per heavy atom. The Balaban J connectivity index is 1.83. The standard InChI is InChI=1S/C25H25N3O7S/c1-26-25(30)23-18-14-21(33-2)19(28(12-13-29)36(3,31)32)15-20(18)35-24(23)16-7-9-17(10-8-16)34-22-6-4-5-11-27-22/h4-11,14-15,29H,12-13H2,1-3H3,(H,26,30). The Hall–Kier alpha value is -4.09. The molecular formula is C25H25N3O7S. The van der Waals surface area contributed by atoms with E-state index in [1.54, 1.807) is 48.7 Å². The predicted octanol–water partition coefficient (Wildman–Crippen LogP) is 3.41. The van der Waals surface area contributed by atoms with Crippen molar-refractivity contribution >= 4 is 32.6 Å². The molecule has 4 aromatic rings. The summed E-state index contributed by atoms with van der Waals surface area (Å²) in [5, 5.41) is 12.5. The molecule has 10 nitrogen and oxygen atoms in total. The molecule has 0 aliphatic heterocycles. The van der Waals surface area contributed by atoms with Gasteiger partial charge in [0.1, 0.15) is 22.8 Å². The number of aliphatic hydroxyl groups is 1. The molecule has 11 heteroatoms. The minimum atomic E-state index is -3.74. The maximum Gasteiger partial charge on any atom is 0.255 e. The Bertz CT molecular complexity index is 1480. The number of rotatable bonds is 9. The summed E-state index contributed by atoms with van der Waals surface area (Å²) in [4.78, 5) is 17.0. The zero-order chi connectivity index (χ0) is 25.9. The van der Waals surface area contributed by atoms with Crippen molar-refractivity contribution < 1.29 is 32.2 Å². The van der Waals surface area contributed by atoms with E-state index in [4.69, 9.17) is 13.9 Å². The fourth-order valence-electron chi connectivity index (χ4n) is 3.78. The number of fused-ring (bicyclic) bond motifs is 1. The molecule has 36 heavy (non-hydrogen) atoms. The van der Waals surface area contributed by atoms with Gasteiger partial charge < -0.3 is 24.3 Å². The highest BCUT2D eigenvalue weighted by Gasteiger charge is 2.27. The highest BCUT2D eigenvalue weighted by atomic mass is 32.2. The lowest BCUT2D eigenvalue weighted by Crippen LogP contribution is -2.32. The number of aliphatic hydroxyl groups excluding tert-OH is 1. The summed E-state index contributed by atoms with van der Waals surface area (Å²) in [6, 6.07) is 15.3. The normalized spacial score (nSPS) is 11.3. The SMILES string of the molecule is CNC(=O)c1c(-c2ccc(Oc3ccccn3)cc2)oc2cc(N(CCO)S(C)(=O)=O)c(OC)cc12. The number of ether oxygens (including phenoxy) is 2. The van der Waals surface area contributed by atoms with Gasteiger partial charge in [0.15, 0.2) is 0 Å². The Morgan fingerprint density at radius 1 is 1.17 bits per heavy atom. The first kappa shape index (κ1) is 25.0. The largest absolute Gasteiger partial charge is 0.495 e. The monoisotopic (exact) mass is 511 g/mol. The highest BCUT2D eigenvalue weighted by Crippen LogP contribution is 2.41. The van der Waals surface area contributed by atoms with Gasteiger partial charge in [0, 0.05) is 36.3 Å². The first-order valence-electron chi connectivity index (χ1n) is 10.9. The van der Waals surface area contributed by atoms with Crippen molar-refractivity contribution in [2.24, 2.45) is 0 Å². The van der Waals surface area contributed by atoms with E-state index in [1.165, 1.54) is 20.2 Å². The lowest BCUT2D eigenvalue weighted by atomic mass is 10.0. The first-order valence-corrected chi connectivity index (χ1v) is 12.8. The number of sulfonamides is 1. The van der Waals surface area contributed by atoms with Gasteiger partial charge in [0.05, 0.1) is 37.8 Å². The number of benzene rings is 2. The molecule has 0 aliphatic rings. The Labute approximate surface area is 208 Å². The number of hydrogen-bond donors (Lipinski definition) is 2. The van der Waals surface area contributed by atoms with Crippen LogP contribution in [0.2, 0.25) is 0 Å². The second-order valence-electron chi connectivity index (χ2n) is 7.76. The van der Waals surface area contributed by atoms with Gasteiger partial charge in [-0.2, -0.15) is 0 Å². The fraction of sp³-hybridized carbons (Fsp3) is 0.200. The molecule has 0 atom stereocenters. The van der Waals surface area contributed by atoms with Crippen LogP contribution in [-0.2, 0) is 10.0 Å². The molecule has 2 aromatic carbocycles. The molecule has 1 amide bonds. The van der Waals surface area contributed by atoms with E-state index in [1.807, 2.05) is 6.07 Å². The second-order valence-corrected chi connectivity index (χ2v) is 9.67. The summed E-state index contributed by atoms with van der Waals surface area (Å²) < 4.78 is 43.1. The first-order chi connectivity index (χ1) is 17.3. The van der Waals surface area contributed by atoms with E-state index in [-0.39, 0.29) is 35.0 Å².